The predicted molar refractivity (Wildman–Crippen MR) is 85.0 cm³/mol. The predicted octanol–water partition coefficient (Wildman–Crippen LogP) is 4.08. The highest BCUT2D eigenvalue weighted by molar-refractivity contribution is 5.74. The van der Waals surface area contributed by atoms with Crippen LogP contribution in [0.5, 0.6) is 0 Å². The number of nitrogens with zero attached hydrogens (tertiary/aromatic N) is 3. The third kappa shape index (κ3) is 3.35. The maximum Gasteiger partial charge on any atom is 0.0936 e. The molecule has 2 aromatic rings. The van der Waals surface area contributed by atoms with Crippen LogP contribution in [0.2, 0.25) is 0 Å². The second-order valence-electron chi connectivity index (χ2n) is 5.04. The van der Waals surface area contributed by atoms with Gasteiger partial charge in [-0.25, -0.2) is 0 Å². The number of hydrogen-bond donors (Lipinski definition) is 0. The van der Waals surface area contributed by atoms with Gasteiger partial charge in [0, 0.05) is 36.7 Å². The molecule has 106 valence electrons. The normalized spacial score (nSPS) is 10.6. The fourth-order valence-electron chi connectivity index (χ4n) is 2.46. The van der Waals surface area contributed by atoms with E-state index in [0.717, 1.165) is 42.9 Å². The standard InChI is InChI=1S/C17H23N3/c1-4-11-20(12-5-2)16-7-6-9-19-17(16)15-8-10-18-14(3)13-15/h6-10,13H,4-5,11-12H2,1-3H3. The van der Waals surface area contributed by atoms with Gasteiger partial charge >= 0.3 is 0 Å². The Kier molecular flexibility index (Phi) is 5.10. The molecule has 0 atom stereocenters. The number of anilines is 1. The summed E-state index contributed by atoms with van der Waals surface area (Å²) in [5, 5.41) is 0. The summed E-state index contributed by atoms with van der Waals surface area (Å²) < 4.78 is 0. The van der Waals surface area contributed by atoms with E-state index >= 15 is 0 Å². The first-order valence-corrected chi connectivity index (χ1v) is 7.39. The Morgan fingerprint density at radius 3 is 2.40 bits per heavy atom. The number of pyridine rings is 2. The van der Waals surface area contributed by atoms with Crippen LogP contribution in [0.4, 0.5) is 5.69 Å². The molecule has 0 bridgehead atoms. The largest absolute Gasteiger partial charge is 0.370 e. The molecule has 0 aromatic carbocycles. The summed E-state index contributed by atoms with van der Waals surface area (Å²) in [6.45, 7) is 8.58. The smallest absolute Gasteiger partial charge is 0.0936 e. The maximum atomic E-state index is 4.61. The molecule has 3 heteroatoms. The Morgan fingerprint density at radius 2 is 1.75 bits per heavy atom. The first-order chi connectivity index (χ1) is 9.76. The number of hydrogen-bond acceptors (Lipinski definition) is 3. The van der Waals surface area contributed by atoms with Crippen LogP contribution < -0.4 is 4.90 Å². The molecule has 0 amide bonds. The van der Waals surface area contributed by atoms with Crippen molar-refractivity contribution in [1.82, 2.24) is 9.97 Å². The molecule has 0 aliphatic carbocycles. The van der Waals surface area contributed by atoms with E-state index in [4.69, 9.17) is 0 Å². The fraction of sp³-hybridized carbons (Fsp3) is 0.412. The molecule has 0 fully saturated rings. The van der Waals surface area contributed by atoms with E-state index in [-0.39, 0.29) is 0 Å². The van der Waals surface area contributed by atoms with Crippen LogP contribution in [-0.4, -0.2) is 23.1 Å². The minimum absolute atomic E-state index is 1.02. The van der Waals surface area contributed by atoms with Crippen molar-refractivity contribution in [1.29, 1.82) is 0 Å². The number of aryl methyl sites for hydroxylation is 1. The second-order valence-corrected chi connectivity index (χ2v) is 5.04. The lowest BCUT2D eigenvalue weighted by Crippen LogP contribution is -2.25. The topological polar surface area (TPSA) is 29.0 Å². The van der Waals surface area contributed by atoms with Gasteiger partial charge in [0.1, 0.15) is 0 Å². The van der Waals surface area contributed by atoms with Gasteiger partial charge in [-0.1, -0.05) is 13.8 Å². The van der Waals surface area contributed by atoms with Crippen molar-refractivity contribution in [2.45, 2.75) is 33.6 Å². The summed E-state index contributed by atoms with van der Waals surface area (Å²) in [4.78, 5) is 11.3. The highest BCUT2D eigenvalue weighted by Crippen LogP contribution is 2.29. The van der Waals surface area contributed by atoms with Crippen LogP contribution in [0.1, 0.15) is 32.4 Å². The molecule has 0 unspecified atom stereocenters. The molecule has 0 saturated heterocycles. The first-order valence-electron chi connectivity index (χ1n) is 7.39. The highest BCUT2D eigenvalue weighted by atomic mass is 15.1. The van der Waals surface area contributed by atoms with E-state index < -0.39 is 0 Å². The Hall–Kier alpha value is -1.90. The van der Waals surface area contributed by atoms with Gasteiger partial charge in [-0.3, -0.25) is 9.97 Å². The van der Waals surface area contributed by atoms with Crippen molar-refractivity contribution in [3.63, 3.8) is 0 Å². The zero-order valence-corrected chi connectivity index (χ0v) is 12.6. The summed E-state index contributed by atoms with van der Waals surface area (Å²) >= 11 is 0. The Balaban J connectivity index is 2.43. The second kappa shape index (κ2) is 7.04. The van der Waals surface area contributed by atoms with Gasteiger partial charge in [0.05, 0.1) is 11.4 Å². The van der Waals surface area contributed by atoms with Crippen molar-refractivity contribution in [3.05, 3.63) is 42.4 Å². The van der Waals surface area contributed by atoms with Crippen LogP contribution in [-0.2, 0) is 0 Å². The molecule has 0 spiro atoms. The molecule has 20 heavy (non-hydrogen) atoms. The van der Waals surface area contributed by atoms with Gasteiger partial charge in [0.25, 0.3) is 0 Å². The van der Waals surface area contributed by atoms with Crippen LogP contribution in [0.15, 0.2) is 36.7 Å². The zero-order valence-electron chi connectivity index (χ0n) is 12.6. The van der Waals surface area contributed by atoms with Crippen LogP contribution in [0, 0.1) is 6.92 Å². The van der Waals surface area contributed by atoms with Gasteiger partial charge in [0.15, 0.2) is 0 Å². The molecular weight excluding hydrogens is 246 g/mol. The minimum Gasteiger partial charge on any atom is -0.370 e. The average molecular weight is 269 g/mol. The van der Waals surface area contributed by atoms with Crippen molar-refractivity contribution < 1.29 is 0 Å². The molecule has 0 aliphatic heterocycles. The average Bonchev–Trinajstić information content (AvgIpc) is 2.47. The van der Waals surface area contributed by atoms with Crippen molar-refractivity contribution >= 4 is 5.69 Å². The van der Waals surface area contributed by atoms with E-state index in [0.29, 0.717) is 0 Å². The summed E-state index contributed by atoms with van der Waals surface area (Å²) in [7, 11) is 0. The first kappa shape index (κ1) is 14.5. The van der Waals surface area contributed by atoms with E-state index in [2.05, 4.69) is 40.8 Å². The third-order valence-electron chi connectivity index (χ3n) is 3.28. The van der Waals surface area contributed by atoms with Crippen molar-refractivity contribution in [3.8, 4) is 11.3 Å². The van der Waals surface area contributed by atoms with E-state index in [1.807, 2.05) is 31.5 Å². The summed E-state index contributed by atoms with van der Waals surface area (Å²) in [6.07, 6.45) is 6.01. The monoisotopic (exact) mass is 269 g/mol. The molecule has 2 rings (SSSR count). The molecule has 0 aliphatic rings. The summed E-state index contributed by atoms with van der Waals surface area (Å²) in [5.74, 6) is 0. The summed E-state index contributed by atoms with van der Waals surface area (Å²) in [6, 6.07) is 8.32. The number of rotatable bonds is 6. The van der Waals surface area contributed by atoms with Gasteiger partial charge in [-0.2, -0.15) is 0 Å². The molecule has 0 radical (unpaired) electrons. The highest BCUT2D eigenvalue weighted by Gasteiger charge is 2.12. The zero-order chi connectivity index (χ0) is 14.4. The molecule has 2 heterocycles. The lowest BCUT2D eigenvalue weighted by molar-refractivity contribution is 0.744. The number of aromatic nitrogens is 2. The van der Waals surface area contributed by atoms with Gasteiger partial charge < -0.3 is 4.90 Å². The maximum absolute atomic E-state index is 4.61. The van der Waals surface area contributed by atoms with E-state index in [1.54, 1.807) is 0 Å². The molecule has 0 N–H and O–H groups in total. The van der Waals surface area contributed by atoms with E-state index in [9.17, 15) is 0 Å². The summed E-state index contributed by atoms with van der Waals surface area (Å²) in [5.41, 5.74) is 4.45. The molecule has 0 saturated carbocycles. The third-order valence-corrected chi connectivity index (χ3v) is 3.28. The molecule has 3 nitrogen and oxygen atoms in total. The minimum atomic E-state index is 1.02. The Morgan fingerprint density at radius 1 is 1.00 bits per heavy atom. The lowest BCUT2D eigenvalue weighted by Gasteiger charge is -2.25. The van der Waals surface area contributed by atoms with Gasteiger partial charge in [0.2, 0.25) is 0 Å². The van der Waals surface area contributed by atoms with Crippen LogP contribution >= 0.6 is 0 Å². The molecular formula is C17H23N3. The van der Waals surface area contributed by atoms with Crippen molar-refractivity contribution in [2.24, 2.45) is 0 Å². The lowest BCUT2D eigenvalue weighted by atomic mass is 10.1. The quantitative estimate of drug-likeness (QED) is 0.791. The Bertz CT molecular complexity index is 545. The fourth-order valence-corrected chi connectivity index (χ4v) is 2.46. The van der Waals surface area contributed by atoms with Gasteiger partial charge in [-0.15, -0.1) is 0 Å². The molecule has 2 aromatic heterocycles. The Labute approximate surface area is 121 Å². The van der Waals surface area contributed by atoms with Crippen molar-refractivity contribution in [2.75, 3.05) is 18.0 Å². The van der Waals surface area contributed by atoms with E-state index in [1.165, 1.54) is 5.69 Å². The SMILES string of the molecule is CCCN(CCC)c1cccnc1-c1ccnc(C)c1. The van der Waals surface area contributed by atoms with Gasteiger partial charge in [-0.05, 0) is 44.0 Å². The van der Waals surface area contributed by atoms with Crippen LogP contribution in [0.3, 0.4) is 0 Å². The van der Waals surface area contributed by atoms with Crippen LogP contribution in [0.25, 0.3) is 11.3 Å².